The third-order valence-corrected chi connectivity index (χ3v) is 3.49. The number of hydrogen-bond donors (Lipinski definition) is 2. The topological polar surface area (TPSA) is 49.8 Å². The van der Waals surface area contributed by atoms with Gasteiger partial charge in [-0.25, -0.2) is 4.39 Å². The van der Waals surface area contributed by atoms with Gasteiger partial charge in [-0.1, -0.05) is 6.07 Å². The monoisotopic (exact) mass is 302 g/mol. The van der Waals surface area contributed by atoms with Crippen LogP contribution in [0.5, 0.6) is 0 Å². The number of rotatable bonds is 9. The molecule has 0 atom stereocenters. The number of unbranched alkanes of at least 4 members (excludes halogenated alkanes) is 1. The standard InChI is InChI=1S/C17H23FN4/c1-14-6-4-10-21-16(14)12-19-8-2-3-9-20-13-17-15(18)7-5-11-22-17/h4-7,10-11,19-20H,2-3,8-9,12-13H2,1H3. The summed E-state index contributed by atoms with van der Waals surface area (Å²) < 4.78 is 13.3. The number of nitrogens with zero attached hydrogens (tertiary/aromatic N) is 2. The Labute approximate surface area is 131 Å². The van der Waals surface area contributed by atoms with Crippen LogP contribution in [0.3, 0.4) is 0 Å². The smallest absolute Gasteiger partial charge is 0.146 e. The van der Waals surface area contributed by atoms with Gasteiger partial charge in [0.25, 0.3) is 0 Å². The molecule has 0 bridgehead atoms. The van der Waals surface area contributed by atoms with E-state index in [0.29, 0.717) is 12.2 Å². The fourth-order valence-corrected chi connectivity index (χ4v) is 2.17. The van der Waals surface area contributed by atoms with Crippen molar-refractivity contribution in [3.8, 4) is 0 Å². The van der Waals surface area contributed by atoms with E-state index in [0.717, 1.165) is 38.2 Å². The van der Waals surface area contributed by atoms with Gasteiger partial charge in [0.15, 0.2) is 0 Å². The summed E-state index contributed by atoms with van der Waals surface area (Å²) in [5, 5.41) is 6.62. The number of aromatic nitrogens is 2. The summed E-state index contributed by atoms with van der Waals surface area (Å²) >= 11 is 0. The van der Waals surface area contributed by atoms with Gasteiger partial charge in [-0.3, -0.25) is 9.97 Å². The molecule has 2 N–H and O–H groups in total. The van der Waals surface area contributed by atoms with E-state index in [1.807, 2.05) is 12.3 Å². The summed E-state index contributed by atoms with van der Waals surface area (Å²) in [7, 11) is 0. The van der Waals surface area contributed by atoms with Crippen molar-refractivity contribution in [2.45, 2.75) is 32.9 Å². The Bertz CT molecular complexity index is 523. The Hall–Kier alpha value is -1.85. The third kappa shape index (κ3) is 5.50. The Morgan fingerprint density at radius 3 is 2.14 bits per heavy atom. The zero-order valence-electron chi connectivity index (χ0n) is 13.0. The molecule has 5 heteroatoms. The molecule has 0 fully saturated rings. The number of nitrogens with one attached hydrogen (secondary N) is 2. The molecule has 0 aliphatic heterocycles. The summed E-state index contributed by atoms with van der Waals surface area (Å²) in [6.07, 6.45) is 5.56. The molecule has 0 aromatic carbocycles. The summed E-state index contributed by atoms with van der Waals surface area (Å²) in [6.45, 7) is 5.17. The van der Waals surface area contributed by atoms with E-state index in [9.17, 15) is 4.39 Å². The Balaban J connectivity index is 1.51. The minimum atomic E-state index is -0.248. The molecule has 0 spiro atoms. The highest BCUT2D eigenvalue weighted by Crippen LogP contribution is 2.03. The van der Waals surface area contributed by atoms with Gasteiger partial charge < -0.3 is 10.6 Å². The minimum Gasteiger partial charge on any atom is -0.311 e. The van der Waals surface area contributed by atoms with Gasteiger partial charge >= 0.3 is 0 Å². The van der Waals surface area contributed by atoms with Crippen molar-refractivity contribution in [2.75, 3.05) is 13.1 Å². The average molecular weight is 302 g/mol. The van der Waals surface area contributed by atoms with Gasteiger partial charge in [0.2, 0.25) is 0 Å². The van der Waals surface area contributed by atoms with Gasteiger partial charge in [0.05, 0.1) is 11.4 Å². The first-order valence-corrected chi connectivity index (χ1v) is 7.68. The fourth-order valence-electron chi connectivity index (χ4n) is 2.17. The average Bonchev–Trinajstić information content (AvgIpc) is 2.53. The maximum Gasteiger partial charge on any atom is 0.146 e. The van der Waals surface area contributed by atoms with Crippen molar-refractivity contribution in [3.05, 3.63) is 59.4 Å². The fraction of sp³-hybridized carbons (Fsp3) is 0.412. The first kappa shape index (κ1) is 16.5. The second-order valence-electron chi connectivity index (χ2n) is 5.26. The van der Waals surface area contributed by atoms with E-state index < -0.39 is 0 Å². The molecule has 22 heavy (non-hydrogen) atoms. The quantitative estimate of drug-likeness (QED) is 0.699. The lowest BCUT2D eigenvalue weighted by Crippen LogP contribution is -2.20. The van der Waals surface area contributed by atoms with Crippen LogP contribution in [0.1, 0.15) is 29.8 Å². The molecule has 0 saturated heterocycles. The first-order valence-electron chi connectivity index (χ1n) is 7.68. The predicted molar refractivity (Wildman–Crippen MR) is 85.8 cm³/mol. The number of halogens is 1. The van der Waals surface area contributed by atoms with Crippen LogP contribution < -0.4 is 10.6 Å². The largest absolute Gasteiger partial charge is 0.311 e. The second-order valence-corrected chi connectivity index (χ2v) is 5.26. The van der Waals surface area contributed by atoms with Crippen LogP contribution in [-0.2, 0) is 13.1 Å². The summed E-state index contributed by atoms with van der Waals surface area (Å²) in [5.74, 6) is -0.248. The predicted octanol–water partition coefficient (Wildman–Crippen LogP) is 2.58. The first-order chi connectivity index (χ1) is 10.8. The highest BCUT2D eigenvalue weighted by Gasteiger charge is 2.01. The number of pyridine rings is 2. The van der Waals surface area contributed by atoms with Crippen molar-refractivity contribution in [2.24, 2.45) is 0 Å². The molecule has 0 aliphatic carbocycles. The summed E-state index contributed by atoms with van der Waals surface area (Å²) in [5.41, 5.74) is 2.80. The molecule has 4 nitrogen and oxygen atoms in total. The van der Waals surface area contributed by atoms with Crippen molar-refractivity contribution in [1.29, 1.82) is 0 Å². The lowest BCUT2D eigenvalue weighted by Gasteiger charge is -2.07. The van der Waals surface area contributed by atoms with E-state index in [1.54, 1.807) is 12.3 Å². The Morgan fingerprint density at radius 2 is 1.50 bits per heavy atom. The minimum absolute atomic E-state index is 0.248. The number of hydrogen-bond acceptors (Lipinski definition) is 4. The Kier molecular flexibility index (Phi) is 6.93. The summed E-state index contributed by atoms with van der Waals surface area (Å²) in [4.78, 5) is 8.36. The van der Waals surface area contributed by atoms with Crippen LogP contribution in [0, 0.1) is 12.7 Å². The molecular formula is C17H23FN4. The molecule has 2 rings (SSSR count). The van der Waals surface area contributed by atoms with E-state index in [4.69, 9.17) is 0 Å². The second kappa shape index (κ2) is 9.23. The SMILES string of the molecule is Cc1cccnc1CNCCCCNCc1ncccc1F. The highest BCUT2D eigenvalue weighted by atomic mass is 19.1. The van der Waals surface area contributed by atoms with Crippen molar-refractivity contribution in [3.63, 3.8) is 0 Å². The van der Waals surface area contributed by atoms with Gasteiger partial charge in [-0.05, 0) is 56.6 Å². The molecule has 0 unspecified atom stereocenters. The lowest BCUT2D eigenvalue weighted by atomic mass is 10.2. The van der Waals surface area contributed by atoms with Crippen LogP contribution in [0.4, 0.5) is 4.39 Å². The molecule has 2 aromatic rings. The van der Waals surface area contributed by atoms with Gasteiger partial charge in [-0.2, -0.15) is 0 Å². The van der Waals surface area contributed by atoms with E-state index in [-0.39, 0.29) is 5.82 Å². The molecule has 0 radical (unpaired) electrons. The molecular weight excluding hydrogens is 279 g/mol. The van der Waals surface area contributed by atoms with Crippen LogP contribution in [0.2, 0.25) is 0 Å². The van der Waals surface area contributed by atoms with E-state index in [1.165, 1.54) is 11.6 Å². The van der Waals surface area contributed by atoms with Crippen molar-refractivity contribution < 1.29 is 4.39 Å². The molecule has 0 saturated carbocycles. The molecule has 0 amide bonds. The molecule has 118 valence electrons. The number of aryl methyl sites for hydroxylation is 1. The maximum atomic E-state index is 13.3. The third-order valence-electron chi connectivity index (χ3n) is 3.49. The Morgan fingerprint density at radius 1 is 0.909 bits per heavy atom. The molecule has 2 heterocycles. The molecule has 0 aliphatic rings. The van der Waals surface area contributed by atoms with Crippen LogP contribution in [0.25, 0.3) is 0 Å². The van der Waals surface area contributed by atoms with E-state index >= 15 is 0 Å². The van der Waals surface area contributed by atoms with Gasteiger partial charge in [-0.15, -0.1) is 0 Å². The zero-order valence-corrected chi connectivity index (χ0v) is 13.0. The maximum absolute atomic E-state index is 13.3. The highest BCUT2D eigenvalue weighted by molar-refractivity contribution is 5.17. The molecule has 2 aromatic heterocycles. The zero-order chi connectivity index (χ0) is 15.6. The lowest BCUT2D eigenvalue weighted by molar-refractivity contribution is 0.551. The van der Waals surface area contributed by atoms with Crippen LogP contribution >= 0.6 is 0 Å². The summed E-state index contributed by atoms with van der Waals surface area (Å²) in [6, 6.07) is 7.07. The van der Waals surface area contributed by atoms with Crippen LogP contribution in [0.15, 0.2) is 36.7 Å². The van der Waals surface area contributed by atoms with Gasteiger partial charge in [0.1, 0.15) is 5.82 Å². The normalized spacial score (nSPS) is 10.8. The van der Waals surface area contributed by atoms with Gasteiger partial charge in [0, 0.05) is 25.5 Å². The van der Waals surface area contributed by atoms with Crippen molar-refractivity contribution in [1.82, 2.24) is 20.6 Å². The van der Waals surface area contributed by atoms with Crippen LogP contribution in [-0.4, -0.2) is 23.1 Å². The van der Waals surface area contributed by atoms with E-state index in [2.05, 4.69) is 33.6 Å². The van der Waals surface area contributed by atoms with Crippen molar-refractivity contribution >= 4 is 0 Å².